The lowest BCUT2D eigenvalue weighted by Crippen LogP contribution is -1.95. The van der Waals surface area contributed by atoms with Crippen LogP contribution in [0.1, 0.15) is 5.56 Å². The van der Waals surface area contributed by atoms with E-state index in [0.29, 0.717) is 22.9 Å². The summed E-state index contributed by atoms with van der Waals surface area (Å²) >= 11 is 0. The van der Waals surface area contributed by atoms with Crippen molar-refractivity contribution in [1.82, 2.24) is 4.40 Å². The molecule has 0 atom stereocenters. The predicted molar refractivity (Wildman–Crippen MR) is 75.1 cm³/mol. The Morgan fingerprint density at radius 2 is 2.00 bits per heavy atom. The molecule has 4 nitrogen and oxygen atoms in total. The number of fused-ring (bicyclic) bond motifs is 1. The number of aromatic nitrogens is 1. The summed E-state index contributed by atoms with van der Waals surface area (Å²) in [6.07, 6.45) is 1.68. The van der Waals surface area contributed by atoms with Gasteiger partial charge in [-0.2, -0.15) is 5.26 Å². The molecule has 3 aromatic rings. The minimum Gasteiger partial charge on any atom is -0.493 e. The van der Waals surface area contributed by atoms with E-state index in [9.17, 15) is 4.39 Å². The lowest BCUT2D eigenvalue weighted by molar-refractivity contribution is 0.369. The van der Waals surface area contributed by atoms with E-state index in [1.54, 1.807) is 22.7 Å². The number of ether oxygens (including phenoxy) is 2. The smallest absolute Gasteiger partial charge is 0.204 e. The molecule has 0 radical (unpaired) electrons. The average molecular weight is 282 g/mol. The van der Waals surface area contributed by atoms with Crippen LogP contribution in [0.5, 0.6) is 17.4 Å². The Labute approximate surface area is 120 Å². The van der Waals surface area contributed by atoms with Gasteiger partial charge in [0.25, 0.3) is 0 Å². The molecule has 0 spiro atoms. The number of hydrogen-bond acceptors (Lipinski definition) is 3. The van der Waals surface area contributed by atoms with Crippen molar-refractivity contribution >= 4 is 5.52 Å². The molecule has 0 unspecified atom stereocenters. The topological polar surface area (TPSA) is 46.7 Å². The lowest BCUT2D eigenvalue weighted by Gasteiger charge is -2.11. The van der Waals surface area contributed by atoms with Gasteiger partial charge in [0.15, 0.2) is 11.5 Å². The highest BCUT2D eigenvalue weighted by molar-refractivity contribution is 5.56. The fourth-order valence-corrected chi connectivity index (χ4v) is 2.09. The fraction of sp³-hybridized carbons (Fsp3) is 0.0625. The number of nitriles is 1. The SMILES string of the molecule is COc1cc(F)ccc1Oc1cccc2cc(C#N)cn12. The number of pyridine rings is 1. The van der Waals surface area contributed by atoms with Crippen LogP contribution in [0.3, 0.4) is 0 Å². The van der Waals surface area contributed by atoms with Crippen molar-refractivity contribution in [3.63, 3.8) is 0 Å². The average Bonchev–Trinajstić information content (AvgIpc) is 2.93. The summed E-state index contributed by atoms with van der Waals surface area (Å²) in [6.45, 7) is 0. The Kier molecular flexibility index (Phi) is 3.20. The van der Waals surface area contributed by atoms with Crippen LogP contribution >= 0.6 is 0 Å². The number of nitrogens with zero attached hydrogens (tertiary/aromatic N) is 2. The number of methoxy groups -OCH3 is 1. The lowest BCUT2D eigenvalue weighted by atomic mass is 10.3. The molecular formula is C16H11FN2O2. The molecule has 0 aliphatic rings. The third-order valence-corrected chi connectivity index (χ3v) is 3.06. The molecule has 21 heavy (non-hydrogen) atoms. The molecule has 0 aliphatic heterocycles. The van der Waals surface area contributed by atoms with Crippen LogP contribution in [-0.4, -0.2) is 11.5 Å². The molecule has 104 valence electrons. The van der Waals surface area contributed by atoms with E-state index in [1.165, 1.54) is 25.3 Å². The van der Waals surface area contributed by atoms with Gasteiger partial charge in [-0.15, -0.1) is 0 Å². The van der Waals surface area contributed by atoms with Crippen molar-refractivity contribution in [2.75, 3.05) is 7.11 Å². The molecule has 3 rings (SSSR count). The highest BCUT2D eigenvalue weighted by Crippen LogP contribution is 2.32. The largest absolute Gasteiger partial charge is 0.493 e. The first-order valence-corrected chi connectivity index (χ1v) is 6.24. The number of halogens is 1. The maximum absolute atomic E-state index is 13.2. The zero-order chi connectivity index (χ0) is 14.8. The van der Waals surface area contributed by atoms with Crippen molar-refractivity contribution in [2.24, 2.45) is 0 Å². The second kappa shape index (κ2) is 5.17. The van der Waals surface area contributed by atoms with Gasteiger partial charge < -0.3 is 9.47 Å². The third-order valence-electron chi connectivity index (χ3n) is 3.06. The number of hydrogen-bond donors (Lipinski definition) is 0. The molecule has 0 saturated carbocycles. The fourth-order valence-electron chi connectivity index (χ4n) is 2.09. The number of benzene rings is 1. The van der Waals surface area contributed by atoms with Gasteiger partial charge in [0.05, 0.1) is 12.7 Å². The summed E-state index contributed by atoms with van der Waals surface area (Å²) < 4.78 is 25.8. The normalized spacial score (nSPS) is 10.3. The molecule has 0 aliphatic carbocycles. The first-order chi connectivity index (χ1) is 10.2. The van der Waals surface area contributed by atoms with Gasteiger partial charge in [0.1, 0.15) is 11.9 Å². The van der Waals surface area contributed by atoms with E-state index in [0.717, 1.165) is 5.52 Å². The third kappa shape index (κ3) is 2.39. The van der Waals surface area contributed by atoms with E-state index in [-0.39, 0.29) is 0 Å². The van der Waals surface area contributed by atoms with Crippen LogP contribution in [-0.2, 0) is 0 Å². The zero-order valence-electron chi connectivity index (χ0n) is 11.2. The second-order valence-electron chi connectivity index (χ2n) is 4.40. The van der Waals surface area contributed by atoms with E-state index in [1.807, 2.05) is 12.1 Å². The Balaban J connectivity index is 2.06. The molecule has 0 fully saturated rings. The molecule has 1 aromatic carbocycles. The summed E-state index contributed by atoms with van der Waals surface area (Å²) in [6, 6.07) is 13.4. The van der Waals surface area contributed by atoms with Gasteiger partial charge in [-0.25, -0.2) is 4.39 Å². The van der Waals surface area contributed by atoms with E-state index in [2.05, 4.69) is 6.07 Å². The minimum absolute atomic E-state index is 0.305. The van der Waals surface area contributed by atoms with Crippen LogP contribution in [0.15, 0.2) is 48.7 Å². The van der Waals surface area contributed by atoms with Gasteiger partial charge in [-0.05, 0) is 30.3 Å². The molecular weight excluding hydrogens is 271 g/mol. The van der Waals surface area contributed by atoms with Crippen LogP contribution in [0.25, 0.3) is 5.52 Å². The maximum atomic E-state index is 13.2. The summed E-state index contributed by atoms with van der Waals surface area (Å²) in [5, 5.41) is 8.97. The molecule has 2 heterocycles. The van der Waals surface area contributed by atoms with Crippen LogP contribution in [0, 0.1) is 17.1 Å². The monoisotopic (exact) mass is 282 g/mol. The molecule has 0 amide bonds. The van der Waals surface area contributed by atoms with Crippen LogP contribution in [0.4, 0.5) is 4.39 Å². The first kappa shape index (κ1) is 13.0. The van der Waals surface area contributed by atoms with Crippen molar-refractivity contribution in [1.29, 1.82) is 5.26 Å². The van der Waals surface area contributed by atoms with Crippen LogP contribution in [0.2, 0.25) is 0 Å². The summed E-state index contributed by atoms with van der Waals surface area (Å²) in [5.74, 6) is 0.822. The van der Waals surface area contributed by atoms with Crippen molar-refractivity contribution in [2.45, 2.75) is 0 Å². The van der Waals surface area contributed by atoms with Gasteiger partial charge >= 0.3 is 0 Å². The highest BCUT2D eigenvalue weighted by atomic mass is 19.1. The quantitative estimate of drug-likeness (QED) is 0.735. The van der Waals surface area contributed by atoms with E-state index >= 15 is 0 Å². The molecule has 0 N–H and O–H groups in total. The maximum Gasteiger partial charge on any atom is 0.204 e. The molecule has 0 saturated heterocycles. The first-order valence-electron chi connectivity index (χ1n) is 6.24. The second-order valence-corrected chi connectivity index (χ2v) is 4.40. The van der Waals surface area contributed by atoms with Gasteiger partial charge in [0, 0.05) is 17.8 Å². The Morgan fingerprint density at radius 1 is 1.14 bits per heavy atom. The van der Waals surface area contributed by atoms with Crippen molar-refractivity contribution in [3.8, 4) is 23.4 Å². The van der Waals surface area contributed by atoms with Gasteiger partial charge in [-0.1, -0.05) is 6.07 Å². The van der Waals surface area contributed by atoms with Gasteiger partial charge in [0.2, 0.25) is 5.88 Å². The standard InChI is InChI=1S/C16H11FN2O2/c1-20-15-8-12(17)5-6-14(15)21-16-4-2-3-13-7-11(9-18)10-19(13)16/h2-8,10H,1H3. The van der Waals surface area contributed by atoms with Crippen LogP contribution < -0.4 is 9.47 Å². The molecule has 0 bridgehead atoms. The van der Waals surface area contributed by atoms with E-state index < -0.39 is 5.82 Å². The van der Waals surface area contributed by atoms with Gasteiger partial charge in [-0.3, -0.25) is 4.40 Å². The Hall–Kier alpha value is -3.00. The Bertz CT molecular complexity index is 849. The zero-order valence-corrected chi connectivity index (χ0v) is 11.2. The van der Waals surface area contributed by atoms with E-state index in [4.69, 9.17) is 14.7 Å². The molecule has 2 aromatic heterocycles. The highest BCUT2D eigenvalue weighted by Gasteiger charge is 2.10. The predicted octanol–water partition coefficient (Wildman–Crippen LogP) is 3.75. The summed E-state index contributed by atoms with van der Waals surface area (Å²) in [7, 11) is 1.45. The summed E-state index contributed by atoms with van der Waals surface area (Å²) in [4.78, 5) is 0. The van der Waals surface area contributed by atoms with Crippen molar-refractivity contribution < 1.29 is 13.9 Å². The minimum atomic E-state index is -0.398. The summed E-state index contributed by atoms with van der Waals surface area (Å²) in [5.41, 5.74) is 1.38. The molecule has 5 heteroatoms. The van der Waals surface area contributed by atoms with Crippen molar-refractivity contribution in [3.05, 3.63) is 60.0 Å². The Morgan fingerprint density at radius 3 is 2.76 bits per heavy atom. The number of rotatable bonds is 3.